The Morgan fingerprint density at radius 3 is 2.77 bits per heavy atom. The maximum Gasteiger partial charge on any atom is 0.270 e. The van der Waals surface area contributed by atoms with E-state index in [1.807, 2.05) is 64.6 Å². The van der Waals surface area contributed by atoms with Crippen molar-refractivity contribution >= 4 is 22.9 Å². The molecule has 2 aromatic heterocycles. The maximum absolute atomic E-state index is 13.4. The van der Waals surface area contributed by atoms with Crippen LogP contribution in [0.2, 0.25) is 0 Å². The molecule has 0 spiro atoms. The Balaban J connectivity index is 1.61. The quantitative estimate of drug-likeness (QED) is 0.648. The van der Waals surface area contributed by atoms with Gasteiger partial charge in [0, 0.05) is 37.5 Å². The van der Waals surface area contributed by atoms with Crippen molar-refractivity contribution < 1.29 is 18.7 Å². The van der Waals surface area contributed by atoms with E-state index in [0.717, 1.165) is 16.7 Å². The summed E-state index contributed by atoms with van der Waals surface area (Å²) < 4.78 is 12.9. The number of carbonyl (C=O) groups excluding carboxylic acids is 2. The van der Waals surface area contributed by atoms with Crippen LogP contribution in [-0.4, -0.2) is 59.0 Å². The van der Waals surface area contributed by atoms with E-state index in [1.54, 1.807) is 13.4 Å². The average molecular weight is 409 g/mol. The van der Waals surface area contributed by atoms with Crippen LogP contribution in [0.3, 0.4) is 0 Å². The molecule has 7 heteroatoms. The number of piperazine rings is 1. The zero-order valence-corrected chi connectivity index (χ0v) is 17.6. The summed E-state index contributed by atoms with van der Waals surface area (Å²) >= 11 is 0. The summed E-state index contributed by atoms with van der Waals surface area (Å²) in [6.45, 7) is 5.98. The summed E-state index contributed by atoms with van der Waals surface area (Å²) in [5.41, 5.74) is 2.28. The molecule has 1 fully saturated rings. The molecule has 0 unspecified atom stereocenters. The first-order valence-corrected chi connectivity index (χ1v) is 10.3. The number of amides is 2. The molecular formula is C23H27N3O4. The summed E-state index contributed by atoms with van der Waals surface area (Å²) in [6.07, 6.45) is 2.12. The third-order valence-electron chi connectivity index (χ3n) is 5.73. The molecule has 30 heavy (non-hydrogen) atoms. The SMILES string of the molecule is CCC(=O)N1CCN(C(=O)c2cc3ccoc3n2Cc2cccc(OC)c2)C[C@@H]1C. The third kappa shape index (κ3) is 3.67. The van der Waals surface area contributed by atoms with Crippen LogP contribution in [0.25, 0.3) is 11.1 Å². The lowest BCUT2D eigenvalue weighted by Gasteiger charge is -2.39. The number of nitrogens with zero attached hydrogens (tertiary/aromatic N) is 3. The number of ether oxygens (including phenoxy) is 1. The molecule has 1 aliphatic heterocycles. The molecule has 2 amide bonds. The van der Waals surface area contributed by atoms with E-state index in [1.165, 1.54) is 0 Å². The van der Waals surface area contributed by atoms with Crippen molar-refractivity contribution in [1.29, 1.82) is 0 Å². The van der Waals surface area contributed by atoms with Crippen molar-refractivity contribution in [2.24, 2.45) is 0 Å². The Kier molecular flexibility index (Phi) is 5.53. The third-order valence-corrected chi connectivity index (χ3v) is 5.73. The van der Waals surface area contributed by atoms with Crippen LogP contribution in [0, 0.1) is 0 Å². The Morgan fingerprint density at radius 2 is 2.03 bits per heavy atom. The number of aromatic nitrogens is 1. The zero-order chi connectivity index (χ0) is 21.3. The molecule has 0 saturated carbocycles. The summed E-state index contributed by atoms with van der Waals surface area (Å²) in [7, 11) is 1.64. The molecular weight excluding hydrogens is 382 g/mol. The largest absolute Gasteiger partial charge is 0.497 e. The highest BCUT2D eigenvalue weighted by molar-refractivity contribution is 5.98. The lowest BCUT2D eigenvalue weighted by atomic mass is 10.1. The molecule has 0 bridgehead atoms. The fourth-order valence-corrected chi connectivity index (χ4v) is 4.14. The van der Waals surface area contributed by atoms with E-state index in [2.05, 4.69) is 0 Å². The van der Waals surface area contributed by atoms with Crippen LogP contribution in [0.15, 0.2) is 47.1 Å². The predicted molar refractivity (Wildman–Crippen MR) is 114 cm³/mol. The molecule has 0 radical (unpaired) electrons. The fourth-order valence-electron chi connectivity index (χ4n) is 4.14. The van der Waals surface area contributed by atoms with Gasteiger partial charge in [-0.1, -0.05) is 19.1 Å². The molecule has 1 aromatic carbocycles. The van der Waals surface area contributed by atoms with Gasteiger partial charge in [-0.15, -0.1) is 0 Å². The number of rotatable bonds is 5. The van der Waals surface area contributed by atoms with Crippen molar-refractivity contribution in [1.82, 2.24) is 14.4 Å². The van der Waals surface area contributed by atoms with E-state index in [0.29, 0.717) is 44.0 Å². The van der Waals surface area contributed by atoms with Gasteiger partial charge in [0.2, 0.25) is 11.6 Å². The first kappa shape index (κ1) is 20.1. The summed E-state index contributed by atoms with van der Waals surface area (Å²) in [4.78, 5) is 29.2. The monoisotopic (exact) mass is 409 g/mol. The minimum absolute atomic E-state index is 0.0000563. The van der Waals surface area contributed by atoms with Crippen LogP contribution in [-0.2, 0) is 11.3 Å². The van der Waals surface area contributed by atoms with Crippen molar-refractivity contribution in [3.05, 3.63) is 53.9 Å². The Bertz CT molecular complexity index is 1070. The maximum atomic E-state index is 13.4. The molecule has 1 atom stereocenters. The van der Waals surface area contributed by atoms with Gasteiger partial charge >= 0.3 is 0 Å². The van der Waals surface area contributed by atoms with Gasteiger partial charge < -0.3 is 23.5 Å². The molecule has 1 aliphatic rings. The van der Waals surface area contributed by atoms with Gasteiger partial charge in [-0.05, 0) is 36.8 Å². The molecule has 3 aromatic rings. The molecule has 1 saturated heterocycles. The smallest absolute Gasteiger partial charge is 0.270 e. The summed E-state index contributed by atoms with van der Waals surface area (Å²) in [5, 5.41) is 0.897. The number of fused-ring (bicyclic) bond motifs is 1. The van der Waals surface area contributed by atoms with Crippen molar-refractivity contribution in [3.8, 4) is 5.75 Å². The minimum atomic E-state index is -0.0419. The Labute approximate surface area is 175 Å². The molecule has 158 valence electrons. The second kappa shape index (κ2) is 8.26. The van der Waals surface area contributed by atoms with E-state index >= 15 is 0 Å². The number of hydrogen-bond donors (Lipinski definition) is 0. The highest BCUT2D eigenvalue weighted by Crippen LogP contribution is 2.25. The molecule has 0 aliphatic carbocycles. The van der Waals surface area contributed by atoms with E-state index < -0.39 is 0 Å². The van der Waals surface area contributed by atoms with Crippen LogP contribution < -0.4 is 4.74 Å². The number of methoxy groups -OCH3 is 1. The van der Waals surface area contributed by atoms with E-state index in [9.17, 15) is 9.59 Å². The van der Waals surface area contributed by atoms with Crippen LogP contribution in [0.5, 0.6) is 5.75 Å². The first-order valence-electron chi connectivity index (χ1n) is 10.3. The van der Waals surface area contributed by atoms with Gasteiger partial charge in [-0.3, -0.25) is 9.59 Å². The topological polar surface area (TPSA) is 67.9 Å². The number of benzene rings is 1. The van der Waals surface area contributed by atoms with Gasteiger partial charge in [0.05, 0.1) is 19.9 Å². The second-order valence-corrected chi connectivity index (χ2v) is 7.69. The number of furan rings is 1. The van der Waals surface area contributed by atoms with Gasteiger partial charge in [-0.25, -0.2) is 0 Å². The van der Waals surface area contributed by atoms with Gasteiger partial charge in [0.1, 0.15) is 11.4 Å². The standard InChI is InChI=1S/C23H27N3O4/c1-4-21(27)25-10-9-24(14-16(25)2)22(28)20-13-18-8-11-30-23(18)26(20)15-17-6-5-7-19(12-17)29-3/h5-8,11-13,16H,4,9-10,14-15H2,1-3H3/t16-/m0/s1. The Morgan fingerprint density at radius 1 is 1.20 bits per heavy atom. The van der Waals surface area contributed by atoms with Crippen molar-refractivity contribution in [2.45, 2.75) is 32.9 Å². The van der Waals surface area contributed by atoms with Crippen LogP contribution >= 0.6 is 0 Å². The van der Waals surface area contributed by atoms with Crippen LogP contribution in [0.4, 0.5) is 0 Å². The van der Waals surface area contributed by atoms with Gasteiger partial charge in [-0.2, -0.15) is 0 Å². The molecule has 0 N–H and O–H groups in total. The van der Waals surface area contributed by atoms with Crippen molar-refractivity contribution in [3.63, 3.8) is 0 Å². The van der Waals surface area contributed by atoms with Gasteiger partial charge in [0.15, 0.2) is 0 Å². The molecule has 4 rings (SSSR count). The average Bonchev–Trinajstić information content (AvgIpc) is 3.35. The molecule has 7 nitrogen and oxygen atoms in total. The number of hydrogen-bond acceptors (Lipinski definition) is 4. The minimum Gasteiger partial charge on any atom is -0.497 e. The fraction of sp³-hybridized carbons (Fsp3) is 0.391. The zero-order valence-electron chi connectivity index (χ0n) is 17.6. The summed E-state index contributed by atoms with van der Waals surface area (Å²) in [5.74, 6) is 0.863. The number of carbonyl (C=O) groups is 2. The normalized spacial score (nSPS) is 16.8. The highest BCUT2D eigenvalue weighted by atomic mass is 16.5. The van der Waals surface area contributed by atoms with E-state index in [4.69, 9.17) is 9.15 Å². The lowest BCUT2D eigenvalue weighted by molar-refractivity contribution is -0.134. The highest BCUT2D eigenvalue weighted by Gasteiger charge is 2.31. The predicted octanol–water partition coefficient (Wildman–Crippen LogP) is 3.37. The second-order valence-electron chi connectivity index (χ2n) is 7.69. The molecule has 3 heterocycles. The summed E-state index contributed by atoms with van der Waals surface area (Å²) in [6, 6.07) is 11.5. The van der Waals surface area contributed by atoms with E-state index in [-0.39, 0.29) is 17.9 Å². The first-order chi connectivity index (χ1) is 14.5. The lowest BCUT2D eigenvalue weighted by Crippen LogP contribution is -2.55. The Hall–Kier alpha value is -3.22. The van der Waals surface area contributed by atoms with Crippen molar-refractivity contribution in [2.75, 3.05) is 26.7 Å². The van der Waals surface area contributed by atoms with Crippen LogP contribution in [0.1, 0.15) is 36.3 Å². The van der Waals surface area contributed by atoms with Gasteiger partial charge in [0.25, 0.3) is 5.91 Å².